The first-order valence-electron chi connectivity index (χ1n) is 35.9. The van der Waals surface area contributed by atoms with Gasteiger partial charge in [-0.3, -0.25) is 9.59 Å². The largest absolute Gasteiger partial charge is 0.511 e. The lowest BCUT2D eigenvalue weighted by Gasteiger charge is -2.61. The van der Waals surface area contributed by atoms with Gasteiger partial charge in [0.25, 0.3) is 0 Å². The summed E-state index contributed by atoms with van der Waals surface area (Å²) < 4.78 is 85.1. The Hall–Kier alpha value is -6.82. The molecule has 0 spiro atoms. The molecule has 8 bridgehead atoms. The van der Waals surface area contributed by atoms with Gasteiger partial charge in [0, 0.05) is 25.7 Å². The van der Waals surface area contributed by atoms with Crippen LogP contribution in [-0.4, -0.2) is 94.3 Å². The van der Waals surface area contributed by atoms with Gasteiger partial charge in [-0.05, 0) is 198 Å². The first-order valence-corrected chi connectivity index (χ1v) is 41.1. The Labute approximate surface area is 632 Å². The van der Waals surface area contributed by atoms with Crippen LogP contribution in [0.4, 0.5) is 27.2 Å². The third-order valence-electron chi connectivity index (χ3n) is 20.5. The first-order chi connectivity index (χ1) is 49.9. The molecular weight excluding hydrogens is 1510 g/mol. The highest BCUT2D eigenvalue weighted by molar-refractivity contribution is 14.1. The fourth-order valence-electron chi connectivity index (χ4n) is 17.2. The number of ether oxygens (including phenoxy) is 7. The van der Waals surface area contributed by atoms with Crippen LogP contribution < -0.4 is 0 Å². The van der Waals surface area contributed by atoms with E-state index in [1.807, 2.05) is 4.93 Å². The number of esters is 3. The third-order valence-corrected chi connectivity index (χ3v) is 25.1. The molecule has 0 aliphatic heterocycles. The average molecular weight is 1610 g/mol. The Morgan fingerprint density at radius 3 is 1.05 bits per heavy atom. The number of halogens is 6. The van der Waals surface area contributed by atoms with Crippen molar-refractivity contribution in [3.05, 3.63) is 182 Å². The monoisotopic (exact) mass is 1610 g/mol. The van der Waals surface area contributed by atoms with Crippen LogP contribution in [0.1, 0.15) is 155 Å². The van der Waals surface area contributed by atoms with Crippen molar-refractivity contribution in [3.8, 4) is 0 Å². The highest BCUT2D eigenvalue weighted by Crippen LogP contribution is 2.64. The molecule has 6 aromatic carbocycles. The van der Waals surface area contributed by atoms with Crippen LogP contribution >= 0.6 is 34.2 Å². The summed E-state index contributed by atoms with van der Waals surface area (Å²) in [5.41, 5.74) is -1.82. The van der Waals surface area contributed by atoms with Crippen LogP contribution in [0.5, 0.6) is 0 Å². The molecule has 4 atom stereocenters. The Bertz CT molecular complexity index is 3350. The molecule has 0 amide bonds. The number of hydrogen-bond acceptors (Lipinski definition) is 13. The van der Waals surface area contributed by atoms with E-state index in [9.17, 15) is 46.3 Å². The molecule has 6 aromatic rings. The van der Waals surface area contributed by atoms with E-state index in [0.717, 1.165) is 109 Å². The molecule has 104 heavy (non-hydrogen) atoms. The number of benzene rings is 6. The van der Waals surface area contributed by atoms with Crippen molar-refractivity contribution >= 4 is 92.2 Å². The second-order valence-electron chi connectivity index (χ2n) is 28.9. The fourth-order valence-corrected chi connectivity index (χ4v) is 21.5. The zero-order valence-corrected chi connectivity index (χ0v) is 63.8. The Morgan fingerprint density at radius 2 is 0.740 bits per heavy atom. The molecule has 0 radical (unpaired) electrons. The Kier molecular flexibility index (Phi) is 29.8. The number of carboxylic acid groups (broad SMARTS) is 1. The zero-order chi connectivity index (χ0) is 74.4. The smallest absolute Gasteiger partial charge is 0.477 e. The van der Waals surface area contributed by atoms with Crippen molar-refractivity contribution in [2.24, 2.45) is 40.9 Å². The van der Waals surface area contributed by atoms with Gasteiger partial charge in [-0.25, -0.2) is 19.2 Å². The number of carbonyl (C=O) groups is 6. The summed E-state index contributed by atoms with van der Waals surface area (Å²) in [6.07, 6.45) is 19.1. The van der Waals surface area contributed by atoms with Crippen LogP contribution in [0.15, 0.2) is 211 Å². The average Bonchev–Trinajstić information content (AvgIpc) is 0.728. The topological polar surface area (TPSA) is 187 Å². The summed E-state index contributed by atoms with van der Waals surface area (Å²) >= 11 is 7.57. The number of rotatable bonds is 18. The number of alkyl halides is 6. The molecule has 1 N–H and O–H groups in total. The van der Waals surface area contributed by atoms with Gasteiger partial charge in [0.05, 0.1) is 33.6 Å². The van der Waals surface area contributed by atoms with Gasteiger partial charge >= 0.3 is 48.0 Å². The number of aliphatic carboxylic acids is 1. The van der Waals surface area contributed by atoms with Gasteiger partial charge in [0.15, 0.2) is 35.4 Å². The lowest BCUT2D eigenvalue weighted by molar-refractivity contribution is -0.228. The normalized spacial score (nSPS) is 24.8. The molecule has 0 heterocycles. The quantitative estimate of drug-likeness (QED) is 0.0163. The van der Waals surface area contributed by atoms with Crippen molar-refractivity contribution in [1.29, 1.82) is 0 Å². The van der Waals surface area contributed by atoms with Crippen LogP contribution in [0.2, 0.25) is 0 Å². The number of hydrogen-bond donors (Lipinski definition) is 1. The van der Waals surface area contributed by atoms with Crippen molar-refractivity contribution < 1.29 is 84.6 Å². The summed E-state index contributed by atoms with van der Waals surface area (Å²) in [5.74, 6) is -9.45. The minimum Gasteiger partial charge on any atom is -0.477 e. The van der Waals surface area contributed by atoms with E-state index in [2.05, 4.69) is 209 Å². The summed E-state index contributed by atoms with van der Waals surface area (Å²) in [6, 6.07) is 64.1. The zero-order valence-electron chi connectivity index (χ0n) is 59.3. The fraction of sp³-hybridized carbons (Fsp3) is 0.488. The van der Waals surface area contributed by atoms with Crippen molar-refractivity contribution in [2.45, 2.75) is 213 Å². The molecule has 560 valence electrons. The maximum Gasteiger partial charge on any atom is 0.511 e. The standard InChI is InChI=1S/C22H30F2O7.C20H29ClO5.2C18H15S.C3H4F2O2.CH3I/c1-20(23,24)18(26)28-13-29-19(27)31-22-10-14-7-15(11-22)9-21(8-14,12-22)30-17(25)16-5-3-2-4-6-16;21-13-25-18(23)24-12-19-7-14-6-15(8-19)10-20(9-14,11-19)26-17(22)16-4-2-1-3-5-16;2*1-4-10-16(11-5-1)19(17-12-6-2-7-13-17)18-14-8-3-9-15-18;1-3(4,5)2(6)7;1-2/h14-16H,2-13H2,1H3;14-16H,1-13H2;2*1-15H;1H3,(H,6,7);1H3/q;;2*+1;;. The Balaban J connectivity index is 0.000000157. The molecule has 10 aliphatic rings. The van der Waals surface area contributed by atoms with E-state index in [1.54, 1.807) is 0 Å². The van der Waals surface area contributed by atoms with Crippen LogP contribution in [0.3, 0.4) is 0 Å². The van der Waals surface area contributed by atoms with Crippen molar-refractivity contribution in [1.82, 2.24) is 0 Å². The molecule has 10 saturated carbocycles. The van der Waals surface area contributed by atoms with Gasteiger partial charge in [0.1, 0.15) is 23.4 Å². The highest BCUT2D eigenvalue weighted by Gasteiger charge is 2.63. The first kappa shape index (κ1) is 81.3. The lowest BCUT2D eigenvalue weighted by atomic mass is 9.48. The molecule has 22 heteroatoms. The summed E-state index contributed by atoms with van der Waals surface area (Å²) in [7, 11) is -0.0293. The molecule has 14 nitrogen and oxygen atoms in total. The van der Waals surface area contributed by atoms with E-state index in [-0.39, 0.29) is 62.6 Å². The molecule has 4 unspecified atom stereocenters. The van der Waals surface area contributed by atoms with Crippen molar-refractivity contribution in [2.75, 3.05) is 24.4 Å². The molecule has 10 aliphatic carbocycles. The maximum atomic E-state index is 12.8. The van der Waals surface area contributed by atoms with Gasteiger partial charge in [-0.15, -0.1) is 0 Å². The van der Waals surface area contributed by atoms with Gasteiger partial charge in [0.2, 0.25) is 6.79 Å². The molecule has 16 rings (SSSR count). The van der Waals surface area contributed by atoms with Gasteiger partial charge < -0.3 is 38.3 Å². The van der Waals surface area contributed by atoms with E-state index >= 15 is 0 Å². The van der Waals surface area contributed by atoms with E-state index in [4.69, 9.17) is 45.1 Å². The number of carboxylic acids is 1. The maximum absolute atomic E-state index is 12.8. The molecular formula is C82H96ClF4IO14S2+2. The van der Waals surface area contributed by atoms with Crippen LogP contribution in [0, 0.1) is 40.9 Å². The van der Waals surface area contributed by atoms with Crippen LogP contribution in [0.25, 0.3) is 0 Å². The highest BCUT2D eigenvalue weighted by atomic mass is 127. The number of carbonyl (C=O) groups excluding carboxylic acids is 5. The molecule has 0 saturated heterocycles. The third kappa shape index (κ3) is 23.1. The Morgan fingerprint density at radius 1 is 0.433 bits per heavy atom. The van der Waals surface area contributed by atoms with E-state index in [0.29, 0.717) is 63.4 Å². The molecule has 10 fully saturated rings. The van der Waals surface area contributed by atoms with E-state index < -0.39 is 54.1 Å². The second-order valence-corrected chi connectivity index (χ2v) is 33.2. The van der Waals surface area contributed by atoms with Crippen molar-refractivity contribution in [3.63, 3.8) is 0 Å². The predicted octanol–water partition coefficient (Wildman–Crippen LogP) is 20.7. The molecule has 0 aromatic heterocycles. The predicted molar refractivity (Wildman–Crippen MR) is 399 cm³/mol. The minimum absolute atomic E-state index is 0.0146. The second kappa shape index (κ2) is 38.1. The van der Waals surface area contributed by atoms with Gasteiger partial charge in [-0.2, -0.15) is 17.6 Å². The minimum atomic E-state index is -3.66. The van der Waals surface area contributed by atoms with E-state index in [1.165, 1.54) is 42.2 Å². The lowest BCUT2D eigenvalue weighted by Crippen LogP contribution is -2.62. The summed E-state index contributed by atoms with van der Waals surface area (Å²) in [4.78, 5) is 79.9. The van der Waals surface area contributed by atoms with Gasteiger partial charge in [-0.1, -0.05) is 182 Å². The summed E-state index contributed by atoms with van der Waals surface area (Å²) in [6.45, 7) is 0.136. The van der Waals surface area contributed by atoms with Crippen LogP contribution in [-0.2, 0) is 74.1 Å². The summed E-state index contributed by atoms with van der Waals surface area (Å²) in [5, 5.41) is 7.50. The SMILES string of the molecule is CC(F)(F)C(=O)O.CC(F)(F)C(=O)OCOC(=O)OC12CC3CC(C1)CC(OC(=O)C1CCCCC1)(C3)C2.CI.O=C(OCCl)OCC12CC3CC(C1)CC(OC(=O)C1CCCCC1)(C3)C2.c1ccc([S+](c2ccccc2)c2ccccc2)cc1.c1ccc([S+](c2ccccc2)c2ccccc2)cc1.